The number of hydrogen-bond acceptors (Lipinski definition) is 1. The van der Waals surface area contributed by atoms with E-state index in [-0.39, 0.29) is 22.4 Å². The Morgan fingerprint density at radius 1 is 0.789 bits per heavy atom. The number of nitrogens with zero attached hydrogens (tertiary/aromatic N) is 1. The number of halogens is 4. The molecule has 0 radical (unpaired) electrons. The van der Waals surface area contributed by atoms with Crippen LogP contribution in [-0.4, -0.2) is 9.97 Å². The van der Waals surface area contributed by atoms with Gasteiger partial charge in [0.25, 0.3) is 0 Å². The van der Waals surface area contributed by atoms with E-state index in [0.717, 1.165) is 18.2 Å². The van der Waals surface area contributed by atoms with E-state index in [2.05, 4.69) is 9.97 Å². The van der Waals surface area contributed by atoms with E-state index in [0.29, 0.717) is 12.1 Å². The van der Waals surface area contributed by atoms with E-state index >= 15 is 0 Å². The Balaban J connectivity index is 2.23. The fourth-order valence-corrected chi connectivity index (χ4v) is 1.87. The van der Waals surface area contributed by atoms with Crippen LogP contribution in [0.15, 0.2) is 30.3 Å². The second-order valence-electron chi connectivity index (χ2n) is 4.03. The van der Waals surface area contributed by atoms with Gasteiger partial charge in [0, 0.05) is 17.7 Å². The minimum Gasteiger partial charge on any atom is -0.338 e. The standard InChI is InChI=1S/C13H6F4N2/c14-7-1-6(2-8(15)3-7)13-18-11-5-9(16)4-10(17)12(11)19-13/h1-5H,(H,18,19). The van der Waals surface area contributed by atoms with Crippen LogP contribution in [0.3, 0.4) is 0 Å². The van der Waals surface area contributed by atoms with Crippen LogP contribution >= 0.6 is 0 Å². The monoisotopic (exact) mass is 266 g/mol. The van der Waals surface area contributed by atoms with E-state index in [4.69, 9.17) is 0 Å². The number of imidazole rings is 1. The average Bonchev–Trinajstić information content (AvgIpc) is 2.71. The summed E-state index contributed by atoms with van der Waals surface area (Å²) >= 11 is 0. The highest BCUT2D eigenvalue weighted by Gasteiger charge is 2.12. The van der Waals surface area contributed by atoms with Crippen LogP contribution in [0.1, 0.15) is 0 Å². The molecule has 0 amide bonds. The lowest BCUT2D eigenvalue weighted by Crippen LogP contribution is -1.85. The van der Waals surface area contributed by atoms with Crippen molar-refractivity contribution in [3.8, 4) is 11.4 Å². The van der Waals surface area contributed by atoms with Gasteiger partial charge in [0.15, 0.2) is 5.82 Å². The van der Waals surface area contributed by atoms with Gasteiger partial charge in [0.05, 0.1) is 5.52 Å². The largest absolute Gasteiger partial charge is 0.338 e. The summed E-state index contributed by atoms with van der Waals surface area (Å²) in [6, 6.07) is 4.57. The first kappa shape index (κ1) is 11.7. The summed E-state index contributed by atoms with van der Waals surface area (Å²) < 4.78 is 52.7. The molecule has 2 aromatic carbocycles. The molecule has 96 valence electrons. The number of nitrogens with one attached hydrogen (secondary N) is 1. The molecule has 3 aromatic rings. The SMILES string of the molecule is Fc1cc(F)cc(-c2nc3c(F)cc(F)cc3[nH]2)c1. The summed E-state index contributed by atoms with van der Waals surface area (Å²) in [6.07, 6.45) is 0. The Morgan fingerprint density at radius 3 is 2.11 bits per heavy atom. The number of H-pyrrole nitrogens is 1. The predicted octanol–water partition coefficient (Wildman–Crippen LogP) is 3.79. The van der Waals surface area contributed by atoms with Gasteiger partial charge in [0.2, 0.25) is 0 Å². The summed E-state index contributed by atoms with van der Waals surface area (Å²) in [7, 11) is 0. The first-order valence-corrected chi connectivity index (χ1v) is 5.34. The molecular weight excluding hydrogens is 260 g/mol. The maximum atomic E-state index is 13.5. The molecule has 0 saturated heterocycles. The first-order valence-electron chi connectivity index (χ1n) is 5.34. The molecule has 3 rings (SSSR count). The summed E-state index contributed by atoms with van der Waals surface area (Å²) in [5, 5.41) is 0. The van der Waals surface area contributed by atoms with Gasteiger partial charge < -0.3 is 4.98 Å². The Hall–Kier alpha value is -2.37. The number of aromatic amines is 1. The van der Waals surface area contributed by atoms with Crippen LogP contribution < -0.4 is 0 Å². The molecule has 0 atom stereocenters. The summed E-state index contributed by atoms with van der Waals surface area (Å²) in [5.74, 6) is -3.08. The molecule has 1 N–H and O–H groups in total. The van der Waals surface area contributed by atoms with Crippen molar-refractivity contribution >= 4 is 11.0 Å². The third-order valence-electron chi connectivity index (χ3n) is 2.64. The lowest BCUT2D eigenvalue weighted by Gasteiger charge is -1.97. The molecule has 1 heterocycles. The number of rotatable bonds is 1. The Labute approximate surface area is 104 Å². The zero-order chi connectivity index (χ0) is 13.6. The number of fused-ring (bicyclic) bond motifs is 1. The molecule has 0 spiro atoms. The van der Waals surface area contributed by atoms with E-state index in [1.54, 1.807) is 0 Å². The van der Waals surface area contributed by atoms with E-state index < -0.39 is 23.3 Å². The number of benzene rings is 2. The maximum Gasteiger partial charge on any atom is 0.153 e. The molecule has 0 unspecified atom stereocenters. The molecule has 0 saturated carbocycles. The lowest BCUT2D eigenvalue weighted by molar-refractivity contribution is 0.584. The van der Waals surface area contributed by atoms with Gasteiger partial charge in [-0.3, -0.25) is 0 Å². The van der Waals surface area contributed by atoms with Crippen molar-refractivity contribution < 1.29 is 17.6 Å². The van der Waals surface area contributed by atoms with Crippen LogP contribution in [-0.2, 0) is 0 Å². The van der Waals surface area contributed by atoms with E-state index in [1.807, 2.05) is 0 Å². The van der Waals surface area contributed by atoms with Crippen molar-refractivity contribution in [2.24, 2.45) is 0 Å². The van der Waals surface area contributed by atoms with Crippen molar-refractivity contribution in [2.45, 2.75) is 0 Å². The smallest absolute Gasteiger partial charge is 0.153 e. The zero-order valence-electron chi connectivity index (χ0n) is 9.35. The van der Waals surface area contributed by atoms with E-state index in [9.17, 15) is 17.6 Å². The average molecular weight is 266 g/mol. The van der Waals surface area contributed by atoms with Gasteiger partial charge in [-0.1, -0.05) is 0 Å². The topological polar surface area (TPSA) is 28.7 Å². The number of hydrogen-bond donors (Lipinski definition) is 1. The van der Waals surface area contributed by atoms with Crippen LogP contribution in [0.4, 0.5) is 17.6 Å². The molecule has 0 aliphatic heterocycles. The predicted molar refractivity (Wildman–Crippen MR) is 61.4 cm³/mol. The molecule has 0 bridgehead atoms. The van der Waals surface area contributed by atoms with Crippen molar-refractivity contribution in [3.05, 3.63) is 53.6 Å². The zero-order valence-corrected chi connectivity index (χ0v) is 9.35. The summed E-state index contributed by atoms with van der Waals surface area (Å²) in [5.41, 5.74) is 0.159. The lowest BCUT2D eigenvalue weighted by atomic mass is 10.2. The minimum atomic E-state index is -0.839. The van der Waals surface area contributed by atoms with Gasteiger partial charge >= 0.3 is 0 Å². The van der Waals surface area contributed by atoms with Gasteiger partial charge in [-0.05, 0) is 18.2 Å². The fourth-order valence-electron chi connectivity index (χ4n) is 1.87. The first-order chi connectivity index (χ1) is 9.02. The quantitative estimate of drug-likeness (QED) is 0.667. The third kappa shape index (κ3) is 2.05. The molecule has 2 nitrogen and oxygen atoms in total. The Bertz CT molecular complexity index is 759. The second kappa shape index (κ2) is 4.08. The second-order valence-corrected chi connectivity index (χ2v) is 4.03. The molecule has 0 aliphatic carbocycles. The molecule has 1 aromatic heterocycles. The fraction of sp³-hybridized carbons (Fsp3) is 0. The van der Waals surface area contributed by atoms with Crippen molar-refractivity contribution in [2.75, 3.05) is 0 Å². The molecule has 0 fully saturated rings. The molecule has 6 heteroatoms. The van der Waals surface area contributed by atoms with Crippen molar-refractivity contribution in [1.82, 2.24) is 9.97 Å². The Morgan fingerprint density at radius 2 is 1.42 bits per heavy atom. The normalized spacial score (nSPS) is 11.2. The van der Waals surface area contributed by atoms with Crippen LogP contribution in [0.25, 0.3) is 22.4 Å². The number of aromatic nitrogens is 2. The maximum absolute atomic E-state index is 13.5. The highest BCUT2D eigenvalue weighted by molar-refractivity contribution is 5.80. The van der Waals surface area contributed by atoms with Gasteiger partial charge in [0.1, 0.15) is 28.8 Å². The third-order valence-corrected chi connectivity index (χ3v) is 2.64. The van der Waals surface area contributed by atoms with E-state index in [1.165, 1.54) is 0 Å². The highest BCUT2D eigenvalue weighted by atomic mass is 19.1. The Kier molecular flexibility index (Phi) is 2.51. The minimum absolute atomic E-state index is 0.0675. The van der Waals surface area contributed by atoms with Gasteiger partial charge in [-0.2, -0.15) is 0 Å². The molecular formula is C13H6F4N2. The molecule has 19 heavy (non-hydrogen) atoms. The van der Waals surface area contributed by atoms with Crippen LogP contribution in [0.2, 0.25) is 0 Å². The molecule has 0 aliphatic rings. The van der Waals surface area contributed by atoms with Crippen LogP contribution in [0.5, 0.6) is 0 Å². The van der Waals surface area contributed by atoms with Gasteiger partial charge in [-0.15, -0.1) is 0 Å². The highest BCUT2D eigenvalue weighted by Crippen LogP contribution is 2.24. The van der Waals surface area contributed by atoms with Crippen molar-refractivity contribution in [3.63, 3.8) is 0 Å². The van der Waals surface area contributed by atoms with Gasteiger partial charge in [-0.25, -0.2) is 22.5 Å². The van der Waals surface area contributed by atoms with Crippen LogP contribution in [0, 0.1) is 23.3 Å². The summed E-state index contributed by atoms with van der Waals surface area (Å²) in [4.78, 5) is 6.50. The van der Waals surface area contributed by atoms with Crippen molar-refractivity contribution in [1.29, 1.82) is 0 Å². The summed E-state index contributed by atoms with van der Waals surface area (Å²) in [6.45, 7) is 0.